The summed E-state index contributed by atoms with van der Waals surface area (Å²) in [6.07, 6.45) is 4.35. The molecule has 0 aromatic rings. The predicted octanol–water partition coefficient (Wildman–Crippen LogP) is 3.08. The summed E-state index contributed by atoms with van der Waals surface area (Å²) in [5.74, 6) is 3.05. The fourth-order valence-electron chi connectivity index (χ4n) is 2.24. The van der Waals surface area contributed by atoms with Gasteiger partial charge in [0.2, 0.25) is 0 Å². The molecule has 1 aliphatic rings. The summed E-state index contributed by atoms with van der Waals surface area (Å²) in [6.45, 7) is 7.10. The fraction of sp³-hybridized carbons (Fsp3) is 1.00. The Morgan fingerprint density at radius 2 is 1.89 bits per heavy atom. The minimum Gasteiger partial charge on any atom is -0.0651 e. The second-order valence-corrected chi connectivity index (χ2v) is 3.72. The van der Waals surface area contributed by atoms with Crippen molar-refractivity contribution in [2.75, 3.05) is 0 Å². The van der Waals surface area contributed by atoms with Gasteiger partial charge in [0.05, 0.1) is 0 Å². The zero-order valence-electron chi connectivity index (χ0n) is 6.85. The molecule has 0 unspecified atom stereocenters. The lowest BCUT2D eigenvalue weighted by molar-refractivity contribution is 0.406. The molecule has 0 heteroatoms. The fourth-order valence-corrected chi connectivity index (χ4v) is 2.24. The van der Waals surface area contributed by atoms with Gasteiger partial charge in [0.1, 0.15) is 0 Å². The normalized spacial score (nSPS) is 43.7. The molecule has 0 nitrogen and oxygen atoms in total. The lowest BCUT2D eigenvalue weighted by Crippen LogP contribution is -2.00. The number of rotatable bonds is 1. The van der Waals surface area contributed by atoms with Gasteiger partial charge < -0.3 is 0 Å². The Morgan fingerprint density at radius 1 is 1.22 bits per heavy atom. The summed E-state index contributed by atoms with van der Waals surface area (Å²) in [5.41, 5.74) is 0. The third-order valence-electron chi connectivity index (χ3n) is 2.81. The van der Waals surface area contributed by atoms with Crippen molar-refractivity contribution in [3.63, 3.8) is 0 Å². The van der Waals surface area contributed by atoms with E-state index in [9.17, 15) is 0 Å². The van der Waals surface area contributed by atoms with Crippen molar-refractivity contribution in [2.45, 2.75) is 40.0 Å². The third-order valence-corrected chi connectivity index (χ3v) is 2.81. The molecular weight excluding hydrogens is 108 g/mol. The largest absolute Gasteiger partial charge is 0.0651 e. The summed E-state index contributed by atoms with van der Waals surface area (Å²) in [6, 6.07) is 0. The molecule has 0 aliphatic heterocycles. The highest BCUT2D eigenvalue weighted by molar-refractivity contribution is 4.77. The summed E-state index contributed by atoms with van der Waals surface area (Å²) >= 11 is 0. The molecule has 0 spiro atoms. The molecule has 0 saturated heterocycles. The van der Waals surface area contributed by atoms with Gasteiger partial charge in [-0.25, -0.2) is 0 Å². The van der Waals surface area contributed by atoms with Crippen LogP contribution in [0, 0.1) is 17.8 Å². The Bertz CT molecular complexity index is 86.0. The van der Waals surface area contributed by atoms with Crippen LogP contribution < -0.4 is 0 Å². The van der Waals surface area contributed by atoms with E-state index in [4.69, 9.17) is 0 Å². The highest BCUT2D eigenvalue weighted by Gasteiger charge is 2.26. The van der Waals surface area contributed by atoms with Gasteiger partial charge in [-0.3, -0.25) is 0 Å². The maximum Gasteiger partial charge on any atom is -0.0388 e. The maximum absolute atomic E-state index is 2.40. The lowest BCUT2D eigenvalue weighted by atomic mass is 9.96. The summed E-state index contributed by atoms with van der Waals surface area (Å²) in [7, 11) is 0. The average molecular weight is 126 g/mol. The van der Waals surface area contributed by atoms with Crippen LogP contribution in [0.25, 0.3) is 0 Å². The molecular formula is C9H18. The Morgan fingerprint density at radius 3 is 2.11 bits per heavy atom. The molecule has 0 aromatic heterocycles. The van der Waals surface area contributed by atoms with Crippen LogP contribution >= 0.6 is 0 Å². The minimum absolute atomic E-state index is 1.00. The molecule has 0 radical (unpaired) electrons. The van der Waals surface area contributed by atoms with E-state index in [1.165, 1.54) is 19.3 Å². The predicted molar refractivity (Wildman–Crippen MR) is 41.3 cm³/mol. The first-order chi connectivity index (χ1) is 4.24. The molecule has 0 aromatic carbocycles. The highest BCUT2D eigenvalue weighted by Crippen LogP contribution is 2.37. The van der Waals surface area contributed by atoms with Gasteiger partial charge in [0.25, 0.3) is 0 Å². The van der Waals surface area contributed by atoms with E-state index in [2.05, 4.69) is 20.8 Å². The Balaban J connectivity index is 2.38. The van der Waals surface area contributed by atoms with Crippen LogP contribution in [0.2, 0.25) is 0 Å². The molecule has 1 aliphatic carbocycles. The highest BCUT2D eigenvalue weighted by atomic mass is 14.3. The first-order valence-corrected chi connectivity index (χ1v) is 4.24. The van der Waals surface area contributed by atoms with Crippen molar-refractivity contribution in [2.24, 2.45) is 17.8 Å². The minimum atomic E-state index is 1.00. The number of hydrogen-bond donors (Lipinski definition) is 0. The van der Waals surface area contributed by atoms with E-state index in [1.807, 2.05) is 0 Å². The van der Waals surface area contributed by atoms with Crippen LogP contribution in [0.5, 0.6) is 0 Å². The van der Waals surface area contributed by atoms with Crippen molar-refractivity contribution in [1.82, 2.24) is 0 Å². The van der Waals surface area contributed by atoms with E-state index >= 15 is 0 Å². The first kappa shape index (κ1) is 7.11. The zero-order chi connectivity index (χ0) is 6.85. The topological polar surface area (TPSA) is 0 Å². The van der Waals surface area contributed by atoms with Crippen LogP contribution in [0.1, 0.15) is 40.0 Å². The summed E-state index contributed by atoms with van der Waals surface area (Å²) < 4.78 is 0. The van der Waals surface area contributed by atoms with Crippen LogP contribution in [0.4, 0.5) is 0 Å². The maximum atomic E-state index is 2.40. The van der Waals surface area contributed by atoms with E-state index < -0.39 is 0 Å². The van der Waals surface area contributed by atoms with Crippen molar-refractivity contribution in [3.8, 4) is 0 Å². The Hall–Kier alpha value is 0. The molecule has 1 saturated carbocycles. The third kappa shape index (κ3) is 1.47. The Labute approximate surface area is 58.7 Å². The van der Waals surface area contributed by atoms with Crippen LogP contribution in [-0.4, -0.2) is 0 Å². The second kappa shape index (κ2) is 2.72. The average Bonchev–Trinajstić information content (AvgIpc) is 2.10. The SMILES string of the molecule is CC[C@H]1C[C@H](C)C[C@H]1C. The van der Waals surface area contributed by atoms with Gasteiger partial charge >= 0.3 is 0 Å². The molecule has 3 atom stereocenters. The standard InChI is InChI=1S/C9H18/c1-4-9-6-7(2)5-8(9)3/h7-9H,4-6H2,1-3H3/t7-,8-,9+/m1/s1. The van der Waals surface area contributed by atoms with Gasteiger partial charge in [0, 0.05) is 0 Å². The lowest BCUT2D eigenvalue weighted by Gasteiger charge is -2.10. The molecule has 0 N–H and O–H groups in total. The van der Waals surface area contributed by atoms with Crippen molar-refractivity contribution in [3.05, 3.63) is 0 Å². The van der Waals surface area contributed by atoms with E-state index in [1.54, 1.807) is 0 Å². The van der Waals surface area contributed by atoms with E-state index in [0.29, 0.717) is 0 Å². The monoisotopic (exact) mass is 126 g/mol. The van der Waals surface area contributed by atoms with Gasteiger partial charge in [0.15, 0.2) is 0 Å². The Kier molecular flexibility index (Phi) is 2.15. The molecule has 0 bridgehead atoms. The molecule has 9 heavy (non-hydrogen) atoms. The van der Waals surface area contributed by atoms with Gasteiger partial charge in [-0.1, -0.05) is 27.2 Å². The summed E-state index contributed by atoms with van der Waals surface area (Å²) in [4.78, 5) is 0. The van der Waals surface area contributed by atoms with E-state index in [-0.39, 0.29) is 0 Å². The second-order valence-electron chi connectivity index (χ2n) is 3.72. The zero-order valence-corrected chi connectivity index (χ0v) is 6.85. The van der Waals surface area contributed by atoms with Gasteiger partial charge in [-0.2, -0.15) is 0 Å². The van der Waals surface area contributed by atoms with Gasteiger partial charge in [-0.05, 0) is 30.6 Å². The molecule has 0 heterocycles. The smallest absolute Gasteiger partial charge is 0.0388 e. The first-order valence-electron chi connectivity index (χ1n) is 4.24. The molecule has 1 rings (SSSR count). The molecule has 0 amide bonds. The van der Waals surface area contributed by atoms with E-state index in [0.717, 1.165) is 17.8 Å². The van der Waals surface area contributed by atoms with Crippen molar-refractivity contribution in [1.29, 1.82) is 0 Å². The number of hydrogen-bond acceptors (Lipinski definition) is 0. The van der Waals surface area contributed by atoms with Crippen molar-refractivity contribution < 1.29 is 0 Å². The van der Waals surface area contributed by atoms with Crippen LogP contribution in [0.3, 0.4) is 0 Å². The molecule has 1 fully saturated rings. The van der Waals surface area contributed by atoms with Gasteiger partial charge in [-0.15, -0.1) is 0 Å². The molecule has 54 valence electrons. The van der Waals surface area contributed by atoms with Crippen molar-refractivity contribution >= 4 is 0 Å². The summed E-state index contributed by atoms with van der Waals surface area (Å²) in [5, 5.41) is 0. The quantitative estimate of drug-likeness (QED) is 0.506. The van der Waals surface area contributed by atoms with Crippen LogP contribution in [-0.2, 0) is 0 Å². The van der Waals surface area contributed by atoms with Crippen LogP contribution in [0.15, 0.2) is 0 Å².